The Kier molecular flexibility index (Phi) is 19.3. The predicted molar refractivity (Wildman–Crippen MR) is 251 cm³/mol. The number of nitrogens with two attached hydrogens (primary N) is 9. The SMILES string of the molecule is COc1ccc(O)c(CN(c2c(C(=O)O)cc([N+](=O)[O-])cc2[N+](=O)[O-])C(O)C(=O)NC(C(=O)NC(N=C(N)N)C(=O)NC(N=C(N)N)C(=O)NC(N=C(N)N)C(=O)NC(N=C(N)N)C(N)=O)c2ccccc2)c1. The fraction of sp³-hybridized carbons (Fsp3) is 0.216. The van der Waals surface area contributed by atoms with Crippen molar-refractivity contribution in [2.24, 2.45) is 71.6 Å². The summed E-state index contributed by atoms with van der Waals surface area (Å²) in [7, 11) is 1.22. The van der Waals surface area contributed by atoms with E-state index in [0.29, 0.717) is 17.0 Å². The summed E-state index contributed by atoms with van der Waals surface area (Å²) in [6.45, 7) is -0.973. The van der Waals surface area contributed by atoms with Gasteiger partial charge in [0.15, 0.2) is 23.8 Å². The van der Waals surface area contributed by atoms with Crippen LogP contribution in [0.3, 0.4) is 0 Å². The number of aliphatic hydroxyl groups excluding tert-OH is 1. The lowest BCUT2D eigenvalue weighted by molar-refractivity contribution is -0.393. The van der Waals surface area contributed by atoms with Crippen LogP contribution in [0.4, 0.5) is 17.1 Å². The van der Waals surface area contributed by atoms with Crippen LogP contribution in [0.1, 0.15) is 27.5 Å². The maximum Gasteiger partial charge on any atom is 0.338 e. The number of carboxylic acid groups (broad SMARTS) is 1. The first-order chi connectivity index (χ1) is 34.1. The van der Waals surface area contributed by atoms with E-state index in [0.717, 1.165) is 12.1 Å². The highest BCUT2D eigenvalue weighted by molar-refractivity contribution is 6.01. The predicted octanol–water partition coefficient (Wildman–Crippen LogP) is -7.55. The summed E-state index contributed by atoms with van der Waals surface area (Å²) in [5, 5.41) is 67.0. The van der Waals surface area contributed by atoms with E-state index in [1.807, 2.05) is 16.0 Å². The van der Waals surface area contributed by atoms with Gasteiger partial charge in [0, 0.05) is 18.2 Å². The number of nitrogens with one attached hydrogen (secondary N) is 5. The number of phenols is 1. The van der Waals surface area contributed by atoms with E-state index in [4.69, 9.17) is 56.3 Å². The lowest BCUT2D eigenvalue weighted by atomic mass is 10.0. The van der Waals surface area contributed by atoms with Gasteiger partial charge in [-0.2, -0.15) is 0 Å². The molecule has 0 heterocycles. The standard InChI is InChI=1S/C37H47N21O15/c1-73-16-7-8-19(59)14(9-16)12-56(21-17(33(67)68)10-15(57(69)70)11-18(21)58(71)72)32(66)31(65)47-20(13-5-3-2-4-6-13)27(61)49-24(53-35(41)42)29(63)51-26(55-37(45)46)30(64)50-25(54-36(43)44)28(62)48-23(22(38)60)52-34(39)40/h2-11,20,23-26,32,59,66H,12H2,1H3,(H2,38,60)(H,47,65)(H,48,62)(H,49,61)(H,50,64)(H,51,63)(H,67,68)(H4,39,40,52)(H4,41,42,53)(H4,43,44,54)(H4,45,46,55). The van der Waals surface area contributed by atoms with Crippen LogP contribution in [0.5, 0.6) is 11.5 Å². The second kappa shape index (κ2) is 25.0. The number of methoxy groups -OCH3 is 1. The van der Waals surface area contributed by atoms with Gasteiger partial charge in [0.25, 0.3) is 40.9 Å². The van der Waals surface area contributed by atoms with Crippen molar-refractivity contribution in [1.29, 1.82) is 0 Å². The molecule has 36 heteroatoms. The van der Waals surface area contributed by atoms with Crippen molar-refractivity contribution in [2.75, 3.05) is 12.0 Å². The molecule has 6 unspecified atom stereocenters. The van der Waals surface area contributed by atoms with Gasteiger partial charge in [-0.05, 0) is 23.8 Å². The Morgan fingerprint density at radius 1 is 0.644 bits per heavy atom. The van der Waals surface area contributed by atoms with E-state index < -0.39 is 147 Å². The zero-order valence-electron chi connectivity index (χ0n) is 37.5. The molecule has 0 fully saturated rings. The Morgan fingerprint density at radius 2 is 1.11 bits per heavy atom. The number of rotatable bonds is 24. The highest BCUT2D eigenvalue weighted by Crippen LogP contribution is 2.39. The van der Waals surface area contributed by atoms with Gasteiger partial charge in [0.05, 0.1) is 28.6 Å². The van der Waals surface area contributed by atoms with E-state index in [1.165, 1.54) is 43.5 Å². The molecule has 3 aromatic carbocycles. The summed E-state index contributed by atoms with van der Waals surface area (Å²) >= 11 is 0. The van der Waals surface area contributed by atoms with Crippen molar-refractivity contribution >= 4 is 82.3 Å². The van der Waals surface area contributed by atoms with Crippen LogP contribution < -0.4 is 87.8 Å². The smallest absolute Gasteiger partial charge is 0.338 e. The van der Waals surface area contributed by atoms with Crippen molar-refractivity contribution < 1.29 is 63.5 Å². The summed E-state index contributed by atoms with van der Waals surface area (Å²) < 4.78 is 5.15. The molecule has 0 saturated heterocycles. The fourth-order valence-corrected chi connectivity index (χ4v) is 6.00. The van der Waals surface area contributed by atoms with Gasteiger partial charge in [0.1, 0.15) is 23.2 Å². The first-order valence-electron chi connectivity index (χ1n) is 19.9. The first kappa shape index (κ1) is 56.5. The molecule has 0 aliphatic carbocycles. The van der Waals surface area contributed by atoms with Crippen LogP contribution in [0.2, 0.25) is 0 Å². The van der Waals surface area contributed by atoms with Gasteiger partial charge in [-0.3, -0.25) is 49.0 Å². The maximum atomic E-state index is 14.2. The maximum absolute atomic E-state index is 14.2. The van der Waals surface area contributed by atoms with Gasteiger partial charge in [-0.25, -0.2) is 24.8 Å². The number of aliphatic hydroxyl groups is 1. The molecular formula is C37H47N21O15. The largest absolute Gasteiger partial charge is 0.508 e. The minimum absolute atomic E-state index is 0.0482. The van der Waals surface area contributed by atoms with Gasteiger partial charge < -0.3 is 103 Å². The van der Waals surface area contributed by atoms with E-state index in [9.17, 15) is 69.1 Å². The zero-order valence-corrected chi connectivity index (χ0v) is 37.5. The summed E-state index contributed by atoms with van der Waals surface area (Å²) in [6.07, 6.45) is -11.5. The number of primary amides is 1. The second-order valence-electron chi connectivity index (χ2n) is 14.3. The van der Waals surface area contributed by atoms with Gasteiger partial charge in [-0.15, -0.1) is 0 Å². The van der Waals surface area contributed by atoms with E-state index in [1.54, 1.807) is 0 Å². The van der Waals surface area contributed by atoms with Crippen LogP contribution in [0.15, 0.2) is 80.6 Å². The average molecular weight is 1030 g/mol. The summed E-state index contributed by atoms with van der Waals surface area (Å²) in [6, 6.07) is 8.87. The molecule has 6 atom stereocenters. The Morgan fingerprint density at radius 3 is 1.53 bits per heavy atom. The molecule has 36 nitrogen and oxygen atoms in total. The van der Waals surface area contributed by atoms with E-state index >= 15 is 0 Å². The molecule has 0 aliphatic rings. The number of carbonyl (C=O) groups is 7. The number of carboxylic acids is 1. The fourth-order valence-electron chi connectivity index (χ4n) is 6.00. The second-order valence-corrected chi connectivity index (χ2v) is 14.3. The van der Waals surface area contributed by atoms with Gasteiger partial charge >= 0.3 is 5.97 Å². The number of hydrogen-bond acceptors (Lipinski definition) is 19. The number of nitro groups is 2. The number of aromatic carboxylic acids is 1. The van der Waals surface area contributed by atoms with Crippen LogP contribution >= 0.6 is 0 Å². The number of nitro benzene ring substituents is 2. The molecule has 0 spiro atoms. The molecule has 0 aliphatic heterocycles. The van der Waals surface area contributed by atoms with Crippen molar-refractivity contribution in [3.8, 4) is 11.5 Å². The molecule has 0 bridgehead atoms. The van der Waals surface area contributed by atoms with Gasteiger partial charge in [-0.1, -0.05) is 30.3 Å². The highest BCUT2D eigenvalue weighted by atomic mass is 16.6. The first-order valence-corrected chi connectivity index (χ1v) is 19.9. The van der Waals surface area contributed by atoms with Crippen LogP contribution in [0.25, 0.3) is 0 Å². The summed E-state index contributed by atoms with van der Waals surface area (Å²) in [5.41, 5.74) is 43.5. The average Bonchev–Trinajstić information content (AvgIpc) is 3.30. The lowest BCUT2D eigenvalue weighted by Gasteiger charge is -2.31. The monoisotopic (exact) mass is 1030 g/mol. The van der Waals surface area contributed by atoms with Crippen molar-refractivity contribution in [3.63, 3.8) is 0 Å². The quantitative estimate of drug-likeness (QED) is 0.0130. The normalized spacial score (nSPS) is 12.9. The number of carbonyl (C=O) groups excluding carboxylic acids is 6. The van der Waals surface area contributed by atoms with Crippen molar-refractivity contribution in [2.45, 2.75) is 43.5 Å². The number of guanidine groups is 4. The minimum atomic E-state index is -2.79. The van der Waals surface area contributed by atoms with Crippen molar-refractivity contribution in [3.05, 3.63) is 97.6 Å². The number of benzene rings is 3. The third kappa shape index (κ3) is 15.9. The Labute approximate surface area is 408 Å². The third-order valence-electron chi connectivity index (χ3n) is 9.08. The van der Waals surface area contributed by atoms with Crippen LogP contribution in [-0.2, 0) is 35.3 Å². The van der Waals surface area contributed by atoms with Crippen LogP contribution in [-0.4, -0.2) is 128 Å². The third-order valence-corrected chi connectivity index (χ3v) is 9.08. The number of amides is 6. The van der Waals surface area contributed by atoms with Crippen molar-refractivity contribution in [1.82, 2.24) is 26.6 Å². The molecular weight excluding hydrogens is 979 g/mol. The Bertz CT molecular complexity index is 2720. The molecule has 73 heavy (non-hydrogen) atoms. The topological polar surface area (TPSA) is 623 Å². The highest BCUT2D eigenvalue weighted by Gasteiger charge is 2.39. The van der Waals surface area contributed by atoms with E-state index in [2.05, 4.69) is 30.6 Å². The lowest BCUT2D eigenvalue weighted by Crippen LogP contribution is -2.58. The molecule has 0 saturated carbocycles. The molecule has 26 N–H and O–H groups in total. The van der Waals surface area contributed by atoms with E-state index in [-0.39, 0.29) is 16.9 Å². The Balaban J connectivity index is 2.11. The number of aliphatic imine (C=N–C) groups is 4. The molecule has 0 aromatic heterocycles. The summed E-state index contributed by atoms with van der Waals surface area (Å²) in [4.78, 5) is 130. The van der Waals surface area contributed by atoms with Crippen LogP contribution in [0, 0.1) is 20.2 Å². The minimum Gasteiger partial charge on any atom is -0.508 e. The number of aromatic hydroxyl groups is 1. The number of hydrogen-bond donors (Lipinski definition) is 17. The molecule has 3 rings (SSSR count). The molecule has 390 valence electrons. The van der Waals surface area contributed by atoms with Gasteiger partial charge in [0.2, 0.25) is 36.8 Å². The summed E-state index contributed by atoms with van der Waals surface area (Å²) in [5.74, 6) is -14.6. The number of anilines is 1. The number of phenolic OH excluding ortho intramolecular Hbond substituents is 1. The number of nitrogens with zero attached hydrogens (tertiary/aromatic N) is 7. The molecule has 3 aromatic rings. The molecule has 0 radical (unpaired) electrons. The zero-order chi connectivity index (χ0) is 55.0. The number of ether oxygens (including phenoxy) is 1. The Hall–Kier alpha value is -10.8. The molecule has 6 amide bonds. The number of non-ortho nitro benzene ring substituents is 1.